The Morgan fingerprint density at radius 1 is 1.00 bits per heavy atom. The van der Waals surface area contributed by atoms with Gasteiger partial charge in [0.05, 0.1) is 0 Å². The van der Waals surface area contributed by atoms with Crippen molar-refractivity contribution in [3.05, 3.63) is 0 Å². The average molecular weight is 123 g/mol. The molecule has 16 valence electrons. The Morgan fingerprint density at radius 2 is 1.00 bits per heavy atom. The Kier molecular flexibility index (Phi) is 298. The molecule has 0 rings (SSSR count). The van der Waals surface area contributed by atoms with Gasteiger partial charge in [0, 0.05) is 0 Å². The van der Waals surface area contributed by atoms with Crippen molar-refractivity contribution in [1.82, 2.24) is 0 Å². The molecule has 0 aromatic rings. The molecule has 0 aromatic carbocycles. The zero-order chi connectivity index (χ0) is 0. The van der Waals surface area contributed by atoms with Crippen molar-refractivity contribution in [2.75, 3.05) is 0 Å². The van der Waals surface area contributed by atoms with Crippen molar-refractivity contribution in [2.45, 2.75) is 0 Å². The number of rotatable bonds is 0. The Bertz CT molecular complexity index is 8.00. The molecule has 0 amide bonds. The molecule has 0 N–H and O–H groups in total. The molecule has 4 heavy (non-hydrogen) atoms. The van der Waals surface area contributed by atoms with Gasteiger partial charge in [0.1, 0.15) is 0 Å². The fourth-order valence-corrected chi connectivity index (χ4v) is 0. The Morgan fingerprint density at radius 3 is 1.00 bits per heavy atom. The molecule has 0 radical (unpaired) electrons. The van der Waals surface area contributed by atoms with Gasteiger partial charge < -0.3 is 10.2 Å². The van der Waals surface area contributed by atoms with Crippen LogP contribution in [0.25, 0.3) is 0 Å². The fraction of sp³-hybridized carbons (Fsp3) is 0. The minimum absolute atomic E-state index is 0. The first-order valence-corrected chi connectivity index (χ1v) is 0. The first kappa shape index (κ1) is 49.0. The van der Waals surface area contributed by atoms with Crippen molar-refractivity contribution in [1.29, 1.82) is 0 Å². The monoisotopic (exact) mass is 122 g/mol. The van der Waals surface area contributed by atoms with Crippen molar-refractivity contribution >= 4 is 0 Å². The van der Waals surface area contributed by atoms with E-state index in [9.17, 15) is 0 Å². The third kappa shape index (κ3) is 9.69. The van der Waals surface area contributed by atoms with Gasteiger partial charge in [-0.2, -0.15) is 0 Å². The van der Waals surface area contributed by atoms with Gasteiger partial charge in [-0.25, -0.2) is 0 Å². The van der Waals surface area contributed by atoms with Gasteiger partial charge >= 0.3 is 49.0 Å². The Balaban J connectivity index is 0. The van der Waals surface area contributed by atoms with Crippen LogP contribution >= 0.6 is 0 Å². The molecule has 0 unspecified atom stereocenters. The van der Waals surface area contributed by atoms with Gasteiger partial charge in [0.2, 0.25) is 0 Å². The summed E-state index contributed by atoms with van der Waals surface area (Å²) in [7, 11) is 0. The van der Waals surface area contributed by atoms with Gasteiger partial charge in [-0.05, 0) is 0 Å². The van der Waals surface area contributed by atoms with E-state index in [1.807, 2.05) is 0 Å². The quantitative estimate of drug-likeness (QED) is 0.287. The van der Waals surface area contributed by atoms with E-state index in [1.54, 1.807) is 0 Å². The van der Waals surface area contributed by atoms with Crippen LogP contribution in [0.15, 0.2) is 0 Å². The third-order valence-electron chi connectivity index (χ3n) is 0. The topological polar surface area (TPSA) is 28.5 Å². The van der Waals surface area contributed by atoms with Crippen LogP contribution in [0.5, 0.6) is 0 Å². The van der Waals surface area contributed by atoms with Gasteiger partial charge in [0.25, 0.3) is 0 Å². The molecular formula is FNaOZn. The summed E-state index contributed by atoms with van der Waals surface area (Å²) in [6.45, 7) is 0. The van der Waals surface area contributed by atoms with Crippen molar-refractivity contribution in [2.24, 2.45) is 0 Å². The minimum atomic E-state index is 0. The van der Waals surface area contributed by atoms with Crippen LogP contribution in [0, 0.1) is 0 Å². The fourth-order valence-electron chi connectivity index (χ4n) is 0. The zero-order valence-electron chi connectivity index (χ0n) is 2.49. The summed E-state index contributed by atoms with van der Waals surface area (Å²) in [5.74, 6) is 0. The van der Waals surface area contributed by atoms with Crippen LogP contribution in [-0.2, 0) is 25.0 Å². The molecule has 0 aliphatic carbocycles. The summed E-state index contributed by atoms with van der Waals surface area (Å²) >= 11 is 0. The van der Waals surface area contributed by atoms with Crippen molar-refractivity contribution in [3.63, 3.8) is 0 Å². The molecule has 0 aliphatic rings. The molecule has 0 spiro atoms. The first-order valence-electron chi connectivity index (χ1n) is 0. The molecule has 0 heterocycles. The van der Waals surface area contributed by atoms with Gasteiger partial charge in [0.15, 0.2) is 0 Å². The van der Waals surface area contributed by atoms with Crippen LogP contribution in [0.4, 0.5) is 0 Å². The van der Waals surface area contributed by atoms with Crippen molar-refractivity contribution in [3.8, 4) is 0 Å². The van der Waals surface area contributed by atoms with Crippen LogP contribution in [0.2, 0.25) is 0 Å². The second-order valence-electron chi connectivity index (χ2n) is 0. The predicted molar refractivity (Wildman–Crippen MR) is 0.686 cm³/mol. The summed E-state index contributed by atoms with van der Waals surface area (Å²) in [6.07, 6.45) is 0. The molecule has 0 fully saturated rings. The van der Waals surface area contributed by atoms with Gasteiger partial charge in [-0.1, -0.05) is 0 Å². The SMILES string of the molecule is [F-].[Na+].[O-2].[Zn+2]. The summed E-state index contributed by atoms with van der Waals surface area (Å²) in [5.41, 5.74) is 0. The maximum atomic E-state index is 0. The van der Waals surface area contributed by atoms with Crippen molar-refractivity contribution < 1.29 is 59.2 Å². The molecular weight excluding hydrogens is 123 g/mol. The van der Waals surface area contributed by atoms with E-state index >= 15 is 0 Å². The van der Waals surface area contributed by atoms with Crippen LogP contribution in [0.1, 0.15) is 0 Å². The molecule has 0 atom stereocenters. The zero-order valence-corrected chi connectivity index (χ0v) is 7.46. The maximum Gasteiger partial charge on any atom is 2.00 e. The van der Waals surface area contributed by atoms with E-state index in [0.717, 1.165) is 0 Å². The Labute approximate surface area is 58.9 Å². The van der Waals surface area contributed by atoms with Crippen LogP contribution in [0.3, 0.4) is 0 Å². The molecule has 4 heteroatoms. The molecule has 1 nitrogen and oxygen atoms in total. The Hall–Kier alpha value is 1.51. The summed E-state index contributed by atoms with van der Waals surface area (Å²) < 4.78 is 0. The molecule has 0 aliphatic heterocycles. The van der Waals surface area contributed by atoms with Gasteiger partial charge in [-0.3, -0.25) is 0 Å². The third-order valence-corrected chi connectivity index (χ3v) is 0. The van der Waals surface area contributed by atoms with E-state index in [1.165, 1.54) is 0 Å². The molecule has 0 bridgehead atoms. The van der Waals surface area contributed by atoms with E-state index in [0.29, 0.717) is 0 Å². The number of halogens is 1. The molecule has 0 saturated heterocycles. The summed E-state index contributed by atoms with van der Waals surface area (Å²) in [6, 6.07) is 0. The first-order chi connectivity index (χ1) is 0. The van der Waals surface area contributed by atoms with E-state index in [4.69, 9.17) is 0 Å². The maximum absolute atomic E-state index is 0. The molecule has 0 saturated carbocycles. The van der Waals surface area contributed by atoms with E-state index in [-0.39, 0.29) is 59.2 Å². The van der Waals surface area contributed by atoms with E-state index < -0.39 is 0 Å². The number of hydrogen-bond donors (Lipinski definition) is 0. The largest absolute Gasteiger partial charge is 2.00 e. The standard InChI is InChI=1S/FH.Na.O.Zn/h1H;;;/q;+1;-2;+2/p-1. The second-order valence-corrected chi connectivity index (χ2v) is 0. The predicted octanol–water partition coefficient (Wildman–Crippen LogP) is -6.11. The second kappa shape index (κ2) is 24.3. The van der Waals surface area contributed by atoms with Crippen LogP contribution < -0.4 is 34.3 Å². The molecule has 0 aromatic heterocycles. The number of hydrogen-bond acceptors (Lipinski definition) is 0. The van der Waals surface area contributed by atoms with Crippen LogP contribution in [-0.4, -0.2) is 0 Å². The van der Waals surface area contributed by atoms with Gasteiger partial charge in [-0.15, -0.1) is 0 Å². The minimum Gasteiger partial charge on any atom is -2.00 e. The normalized spacial score (nSPS) is 0. The smallest absolute Gasteiger partial charge is 2.00 e. The average Bonchev–Trinajstić information content (AvgIpc) is 0. The summed E-state index contributed by atoms with van der Waals surface area (Å²) in [4.78, 5) is 0. The summed E-state index contributed by atoms with van der Waals surface area (Å²) in [5, 5.41) is 0. The van der Waals surface area contributed by atoms with E-state index in [2.05, 4.69) is 0 Å².